The molecule has 0 spiro atoms. The highest BCUT2D eigenvalue weighted by Crippen LogP contribution is 2.44. The summed E-state index contributed by atoms with van der Waals surface area (Å²) < 4.78 is 33.0. The fourth-order valence-corrected chi connectivity index (χ4v) is 9.56. The summed E-state index contributed by atoms with van der Waals surface area (Å²) in [5.41, 5.74) is 6.16. The fourth-order valence-electron chi connectivity index (χ4n) is 9.56. The Kier molecular flexibility index (Phi) is 13.3. The maximum atomic E-state index is 14.0. The van der Waals surface area contributed by atoms with E-state index >= 15 is 0 Å². The molecule has 65 heavy (non-hydrogen) atoms. The van der Waals surface area contributed by atoms with Gasteiger partial charge in [-0.15, -0.1) is 0 Å². The second-order valence-electron chi connectivity index (χ2n) is 17.0. The summed E-state index contributed by atoms with van der Waals surface area (Å²) in [6.07, 6.45) is -0.401. The van der Waals surface area contributed by atoms with Gasteiger partial charge in [-0.2, -0.15) is 0 Å². The molecule has 2 saturated heterocycles. The number of aromatic nitrogens is 4. The van der Waals surface area contributed by atoms with Gasteiger partial charge in [-0.1, -0.05) is 18.2 Å². The number of carbonyl (C=O) groups is 4. The topological polar surface area (TPSA) is 232 Å². The number of carbonyl (C=O) groups excluding carboxylic acids is 3. The van der Waals surface area contributed by atoms with Crippen LogP contribution in [0.5, 0.6) is 5.75 Å². The van der Waals surface area contributed by atoms with E-state index in [1.165, 1.54) is 21.3 Å². The minimum absolute atomic E-state index is 0.0160. The number of amides is 4. The molecule has 5 heterocycles. The Balaban J connectivity index is 1.06. The highest BCUT2D eigenvalue weighted by atomic mass is 16.5. The van der Waals surface area contributed by atoms with E-state index in [9.17, 15) is 24.3 Å². The summed E-state index contributed by atoms with van der Waals surface area (Å²) in [6.45, 7) is 5.38. The number of rotatable bonds is 15. The standard InChI is InChI=1S/C46H56N8O11/c1-23(62-5)38(51-45(57)58)43(55)54-19-26(21-61-4)13-36(54)42-48-33-11-9-27-15-32-30-10-8-28(14-29(30)22-65-37(32)16-31(27)40(33)50-42)34-17-47-41(49-34)35-12-25(20-60-3)18-53(35)44(56)39(24(2)63-6)52-46(59)64-7/h8-11,14-17,23-26,35-36,38-39,51H,12-13,18-22H2,1-7H3,(H,47,49)(H,48,50)(H,52,59)(H,57,58)/t23-,24-,25+,26+,35+,36+,38+,39+/m1/s1. The largest absolute Gasteiger partial charge is 0.488 e. The fraction of sp³-hybridized carbons (Fsp3) is 0.478. The van der Waals surface area contributed by atoms with Crippen molar-refractivity contribution in [3.63, 3.8) is 0 Å². The van der Waals surface area contributed by atoms with Crippen LogP contribution in [0.3, 0.4) is 0 Å². The summed E-state index contributed by atoms with van der Waals surface area (Å²) in [4.78, 5) is 72.2. The molecule has 3 aliphatic rings. The van der Waals surface area contributed by atoms with Gasteiger partial charge in [0.1, 0.15) is 36.1 Å². The van der Waals surface area contributed by atoms with Crippen molar-refractivity contribution in [2.45, 2.75) is 69.7 Å². The molecule has 0 radical (unpaired) electrons. The zero-order chi connectivity index (χ0) is 46.1. The van der Waals surface area contributed by atoms with Crippen LogP contribution in [-0.4, -0.2) is 145 Å². The van der Waals surface area contributed by atoms with Crippen molar-refractivity contribution >= 4 is 45.8 Å². The number of hydrogen-bond acceptors (Lipinski definition) is 12. The van der Waals surface area contributed by atoms with Gasteiger partial charge in [0.15, 0.2) is 0 Å². The quantitative estimate of drug-likeness (QED) is 0.0915. The van der Waals surface area contributed by atoms with Crippen LogP contribution < -0.4 is 15.4 Å². The Hall–Kier alpha value is -6.28. The summed E-state index contributed by atoms with van der Waals surface area (Å²) in [5, 5.41) is 16.4. The number of imidazole rings is 2. The number of ether oxygens (including phenoxy) is 6. The molecule has 346 valence electrons. The van der Waals surface area contributed by atoms with Gasteiger partial charge in [-0.25, -0.2) is 19.6 Å². The summed E-state index contributed by atoms with van der Waals surface area (Å²) in [6, 6.07) is 11.4. The average Bonchev–Trinajstić information content (AvgIpc) is 4.14. The third kappa shape index (κ3) is 8.92. The molecular weight excluding hydrogens is 841 g/mol. The Morgan fingerprint density at radius 1 is 0.815 bits per heavy atom. The molecule has 4 amide bonds. The predicted octanol–water partition coefficient (Wildman–Crippen LogP) is 5.17. The van der Waals surface area contributed by atoms with E-state index < -0.39 is 54.5 Å². The van der Waals surface area contributed by atoms with Gasteiger partial charge < -0.3 is 63.9 Å². The van der Waals surface area contributed by atoms with Crippen molar-refractivity contribution in [3.05, 3.63) is 65.9 Å². The number of aromatic amines is 2. The first-order valence-electron chi connectivity index (χ1n) is 21.6. The van der Waals surface area contributed by atoms with E-state index in [1.54, 1.807) is 44.1 Å². The number of carboxylic acid groups (broad SMARTS) is 1. The zero-order valence-corrected chi connectivity index (χ0v) is 37.5. The van der Waals surface area contributed by atoms with E-state index in [2.05, 4.69) is 38.8 Å². The lowest BCUT2D eigenvalue weighted by Gasteiger charge is -2.30. The third-order valence-corrected chi connectivity index (χ3v) is 13.0. The predicted molar refractivity (Wildman–Crippen MR) is 237 cm³/mol. The highest BCUT2D eigenvalue weighted by Gasteiger charge is 2.44. The molecule has 0 saturated carbocycles. The molecule has 3 aliphatic heterocycles. The number of methoxy groups -OCH3 is 5. The van der Waals surface area contributed by atoms with Crippen LogP contribution in [-0.2, 0) is 39.9 Å². The number of H-pyrrole nitrogens is 2. The molecule has 8 rings (SSSR count). The van der Waals surface area contributed by atoms with Crippen molar-refractivity contribution in [2.75, 3.05) is 61.9 Å². The monoisotopic (exact) mass is 896 g/mol. The normalized spacial score (nSPS) is 21.0. The van der Waals surface area contributed by atoms with Crippen LogP contribution in [0.15, 0.2) is 48.7 Å². The van der Waals surface area contributed by atoms with Crippen molar-refractivity contribution in [3.8, 4) is 28.1 Å². The highest BCUT2D eigenvalue weighted by molar-refractivity contribution is 6.07. The van der Waals surface area contributed by atoms with Crippen molar-refractivity contribution in [2.24, 2.45) is 11.8 Å². The van der Waals surface area contributed by atoms with E-state index in [-0.39, 0.29) is 17.7 Å². The Bertz CT molecular complexity index is 2580. The second kappa shape index (κ2) is 19.1. The lowest BCUT2D eigenvalue weighted by atomic mass is 9.92. The average molecular weight is 897 g/mol. The first-order chi connectivity index (χ1) is 31.3. The van der Waals surface area contributed by atoms with E-state index in [0.717, 1.165) is 49.8 Å². The summed E-state index contributed by atoms with van der Waals surface area (Å²) >= 11 is 0. The van der Waals surface area contributed by atoms with Gasteiger partial charge >= 0.3 is 12.2 Å². The van der Waals surface area contributed by atoms with Crippen LogP contribution >= 0.6 is 0 Å². The lowest BCUT2D eigenvalue weighted by molar-refractivity contribution is -0.138. The number of likely N-dealkylation sites (tertiary alicyclic amines) is 2. The maximum absolute atomic E-state index is 14.0. The molecule has 0 aliphatic carbocycles. The molecule has 8 atom stereocenters. The number of nitrogens with one attached hydrogen (secondary N) is 4. The number of hydrogen-bond donors (Lipinski definition) is 5. The molecular formula is C46H56N8O11. The molecule has 19 nitrogen and oxygen atoms in total. The molecule has 0 bridgehead atoms. The van der Waals surface area contributed by atoms with Crippen molar-refractivity contribution in [1.82, 2.24) is 40.4 Å². The van der Waals surface area contributed by atoms with E-state index in [4.69, 9.17) is 38.4 Å². The Morgan fingerprint density at radius 2 is 1.46 bits per heavy atom. The molecule has 19 heteroatoms. The Morgan fingerprint density at radius 3 is 2.08 bits per heavy atom. The Labute approximate surface area is 375 Å². The minimum atomic E-state index is -1.31. The molecule has 5 aromatic rings. The number of fused-ring (bicyclic) bond motifs is 6. The molecule has 2 aromatic heterocycles. The first kappa shape index (κ1) is 45.3. The zero-order valence-electron chi connectivity index (χ0n) is 37.5. The SMILES string of the molecule is COC[C@H]1C[C@@H](c2ncc(-c3ccc4c(c3)COc3cc5c(ccc6[nH]c([C@@H]7C[C@H](COC)CN7C(=O)[C@@H](NC(=O)O)[C@@H](C)OC)nc65)cc3-4)[nH]2)N(C(=O)[C@@H](NC(=O)OC)[C@@H](C)OC)C1. The maximum Gasteiger partial charge on any atom is 0.407 e. The summed E-state index contributed by atoms with van der Waals surface area (Å²) in [5.74, 6) is 1.30. The second-order valence-corrected chi connectivity index (χ2v) is 17.0. The van der Waals surface area contributed by atoms with Gasteiger partial charge in [-0.3, -0.25) is 9.59 Å². The van der Waals surface area contributed by atoms with Crippen molar-refractivity contribution < 1.29 is 52.7 Å². The number of nitrogens with zero attached hydrogens (tertiary/aromatic N) is 4. The first-order valence-corrected chi connectivity index (χ1v) is 21.6. The van der Waals surface area contributed by atoms with Crippen molar-refractivity contribution in [1.29, 1.82) is 0 Å². The minimum Gasteiger partial charge on any atom is -0.488 e. The number of benzene rings is 3. The molecule has 3 aromatic carbocycles. The van der Waals surface area contributed by atoms with Crippen LogP contribution in [0.4, 0.5) is 9.59 Å². The summed E-state index contributed by atoms with van der Waals surface area (Å²) in [7, 11) is 7.43. The number of alkyl carbamates (subject to hydrolysis) is 1. The van der Waals surface area contributed by atoms with Crippen LogP contribution in [0, 0.1) is 11.8 Å². The van der Waals surface area contributed by atoms with Gasteiger partial charge in [0.2, 0.25) is 11.8 Å². The molecule has 0 unspecified atom stereocenters. The van der Waals surface area contributed by atoms with Gasteiger partial charge in [-0.05, 0) is 73.0 Å². The molecule has 5 N–H and O–H groups in total. The van der Waals surface area contributed by atoms with Crippen LogP contribution in [0.25, 0.3) is 44.2 Å². The lowest BCUT2D eigenvalue weighted by Crippen LogP contribution is -2.54. The van der Waals surface area contributed by atoms with Crippen LogP contribution in [0.2, 0.25) is 0 Å². The van der Waals surface area contributed by atoms with Crippen LogP contribution in [0.1, 0.15) is 56.0 Å². The van der Waals surface area contributed by atoms with E-state index in [0.29, 0.717) is 63.2 Å². The van der Waals surface area contributed by atoms with Gasteiger partial charge in [0.25, 0.3) is 0 Å². The van der Waals surface area contributed by atoms with Gasteiger partial charge in [0.05, 0.1) is 67.5 Å². The molecule has 2 fully saturated rings. The van der Waals surface area contributed by atoms with E-state index in [1.807, 2.05) is 24.3 Å². The third-order valence-electron chi connectivity index (χ3n) is 13.0. The van der Waals surface area contributed by atoms with Gasteiger partial charge in [0, 0.05) is 64.3 Å². The smallest absolute Gasteiger partial charge is 0.407 e.